The van der Waals surface area contributed by atoms with E-state index in [1.807, 2.05) is 0 Å². The summed E-state index contributed by atoms with van der Waals surface area (Å²) in [6.45, 7) is 1.63. The molecule has 1 aromatic heterocycles. The van der Waals surface area contributed by atoms with Crippen LogP contribution in [0, 0.1) is 11.8 Å². The monoisotopic (exact) mass is 294 g/mol. The molecule has 106 valence electrons. The van der Waals surface area contributed by atoms with Crippen molar-refractivity contribution in [3.8, 4) is 5.88 Å². The van der Waals surface area contributed by atoms with E-state index in [0.29, 0.717) is 11.8 Å². The fourth-order valence-corrected chi connectivity index (χ4v) is 2.72. The van der Waals surface area contributed by atoms with E-state index in [4.69, 9.17) is 4.74 Å². The van der Waals surface area contributed by atoms with Crippen LogP contribution in [0.1, 0.15) is 12.0 Å². The highest BCUT2D eigenvalue weighted by Gasteiger charge is 2.47. The number of piperidine rings is 2. The van der Waals surface area contributed by atoms with Gasteiger partial charge in [0.1, 0.15) is 11.7 Å². The number of nitrogens with one attached hydrogen (secondary N) is 1. The number of aromatic nitrogens is 1. The summed E-state index contributed by atoms with van der Waals surface area (Å²) in [5, 5.41) is 3.22. The summed E-state index contributed by atoms with van der Waals surface area (Å²) in [7, 11) is 0. The van der Waals surface area contributed by atoms with Crippen LogP contribution in [0.2, 0.25) is 0 Å². The standard InChI is InChI=1S/C12H13F3N2O.ClH/c13-12(14,15)9-2-1-3-17-11(9)18-10-7-4-8(10)6-16-5-7;/h1-3,7-8,10,16H,4-6H2;1H/t7-,8+,10?;. The van der Waals surface area contributed by atoms with Gasteiger partial charge in [-0.25, -0.2) is 4.98 Å². The molecule has 7 heteroatoms. The molecule has 0 aromatic carbocycles. The molecule has 3 nitrogen and oxygen atoms in total. The summed E-state index contributed by atoms with van der Waals surface area (Å²) in [6.07, 6.45) is -2.17. The number of rotatable bonds is 2. The minimum absolute atomic E-state index is 0. The molecule has 1 unspecified atom stereocenters. The van der Waals surface area contributed by atoms with Gasteiger partial charge >= 0.3 is 6.18 Å². The first-order chi connectivity index (χ1) is 8.55. The molecule has 1 saturated heterocycles. The largest absolute Gasteiger partial charge is 0.473 e. The number of hydrogen-bond donors (Lipinski definition) is 1. The van der Waals surface area contributed by atoms with Gasteiger partial charge in [0.25, 0.3) is 0 Å². The zero-order valence-corrected chi connectivity index (χ0v) is 10.8. The lowest BCUT2D eigenvalue weighted by atomic mass is 9.69. The van der Waals surface area contributed by atoms with Gasteiger partial charge in [0.05, 0.1) is 0 Å². The fourth-order valence-electron chi connectivity index (χ4n) is 2.72. The molecular weight excluding hydrogens is 281 g/mol. The Bertz CT molecular complexity index is 441. The summed E-state index contributed by atoms with van der Waals surface area (Å²) in [6, 6.07) is 2.29. The average molecular weight is 295 g/mol. The number of alkyl halides is 3. The highest BCUT2D eigenvalue weighted by Crippen LogP contribution is 2.42. The van der Waals surface area contributed by atoms with Gasteiger partial charge in [-0.1, -0.05) is 0 Å². The molecule has 3 atom stereocenters. The van der Waals surface area contributed by atoms with Gasteiger partial charge in [0.15, 0.2) is 0 Å². The van der Waals surface area contributed by atoms with Crippen LogP contribution < -0.4 is 10.1 Å². The van der Waals surface area contributed by atoms with Crippen LogP contribution in [0.4, 0.5) is 13.2 Å². The van der Waals surface area contributed by atoms with Crippen LogP contribution in [-0.4, -0.2) is 24.2 Å². The number of hydrogen-bond acceptors (Lipinski definition) is 3. The molecule has 2 heterocycles. The molecule has 1 aliphatic heterocycles. The Morgan fingerprint density at radius 2 is 1.95 bits per heavy atom. The van der Waals surface area contributed by atoms with E-state index in [1.165, 1.54) is 12.3 Å². The lowest BCUT2D eigenvalue weighted by Crippen LogP contribution is -2.59. The molecule has 1 aromatic rings. The maximum Gasteiger partial charge on any atom is 0.421 e. The minimum Gasteiger partial charge on any atom is -0.473 e. The summed E-state index contributed by atoms with van der Waals surface area (Å²) in [5.74, 6) is 0.338. The van der Waals surface area contributed by atoms with Crippen molar-refractivity contribution in [2.24, 2.45) is 11.8 Å². The lowest BCUT2D eigenvalue weighted by Gasteiger charge is -2.48. The van der Waals surface area contributed by atoms with Gasteiger partial charge in [-0.15, -0.1) is 12.4 Å². The third-order valence-electron chi connectivity index (χ3n) is 3.67. The molecule has 19 heavy (non-hydrogen) atoms. The molecular formula is C12H14ClF3N2O. The van der Waals surface area contributed by atoms with Crippen LogP contribution in [0.3, 0.4) is 0 Å². The first-order valence-electron chi connectivity index (χ1n) is 5.95. The van der Waals surface area contributed by atoms with Gasteiger partial charge in [-0.2, -0.15) is 13.2 Å². The van der Waals surface area contributed by atoms with Gasteiger partial charge < -0.3 is 10.1 Å². The molecule has 1 aliphatic carbocycles. The Morgan fingerprint density at radius 3 is 2.53 bits per heavy atom. The number of ether oxygens (including phenoxy) is 1. The molecule has 2 aliphatic rings. The van der Waals surface area contributed by atoms with E-state index in [-0.39, 0.29) is 24.4 Å². The summed E-state index contributed by atoms with van der Waals surface area (Å²) in [5.41, 5.74) is -0.789. The van der Waals surface area contributed by atoms with Crippen molar-refractivity contribution >= 4 is 12.4 Å². The van der Waals surface area contributed by atoms with Gasteiger partial charge in [-0.05, 0) is 18.6 Å². The first-order valence-corrected chi connectivity index (χ1v) is 5.95. The second kappa shape index (κ2) is 5.17. The third kappa shape index (κ3) is 2.65. The number of fused-ring (bicyclic) bond motifs is 2. The average Bonchev–Trinajstić information content (AvgIpc) is 2.36. The Kier molecular flexibility index (Phi) is 3.92. The van der Waals surface area contributed by atoms with Crippen molar-refractivity contribution < 1.29 is 17.9 Å². The molecule has 3 rings (SSSR count). The lowest BCUT2D eigenvalue weighted by molar-refractivity contribution is -0.141. The SMILES string of the molecule is Cl.FC(F)(F)c1cccnc1OC1[C@@H]2CNC[C@H]1C2. The Balaban J connectivity index is 0.00000133. The third-order valence-corrected chi connectivity index (χ3v) is 3.67. The van der Waals surface area contributed by atoms with E-state index in [9.17, 15) is 13.2 Å². The van der Waals surface area contributed by atoms with E-state index >= 15 is 0 Å². The maximum absolute atomic E-state index is 12.8. The van der Waals surface area contributed by atoms with Crippen LogP contribution >= 0.6 is 12.4 Å². The van der Waals surface area contributed by atoms with Crippen molar-refractivity contribution in [2.45, 2.75) is 18.7 Å². The van der Waals surface area contributed by atoms with E-state index in [2.05, 4.69) is 10.3 Å². The van der Waals surface area contributed by atoms with Crippen molar-refractivity contribution in [3.05, 3.63) is 23.9 Å². The molecule has 1 N–H and O–H groups in total. The fraction of sp³-hybridized carbons (Fsp3) is 0.583. The van der Waals surface area contributed by atoms with Crippen LogP contribution in [-0.2, 0) is 6.18 Å². The van der Waals surface area contributed by atoms with Crippen molar-refractivity contribution in [2.75, 3.05) is 13.1 Å². The van der Waals surface area contributed by atoms with Crippen LogP contribution in [0.25, 0.3) is 0 Å². The van der Waals surface area contributed by atoms with Crippen molar-refractivity contribution in [3.63, 3.8) is 0 Å². The normalized spacial score (nSPS) is 29.1. The summed E-state index contributed by atoms with van der Waals surface area (Å²) >= 11 is 0. The van der Waals surface area contributed by atoms with E-state index in [0.717, 1.165) is 25.6 Å². The first kappa shape index (κ1) is 14.4. The minimum atomic E-state index is -4.42. The van der Waals surface area contributed by atoms with E-state index in [1.54, 1.807) is 0 Å². The second-order valence-electron chi connectivity index (χ2n) is 4.85. The van der Waals surface area contributed by atoms with Crippen molar-refractivity contribution in [1.82, 2.24) is 10.3 Å². The maximum atomic E-state index is 12.8. The molecule has 0 amide bonds. The highest BCUT2D eigenvalue weighted by atomic mass is 35.5. The topological polar surface area (TPSA) is 34.1 Å². The van der Waals surface area contributed by atoms with Gasteiger partial charge in [0, 0.05) is 31.1 Å². The Labute approximate surface area is 115 Å². The Morgan fingerprint density at radius 1 is 1.26 bits per heavy atom. The zero-order chi connectivity index (χ0) is 12.8. The van der Waals surface area contributed by atoms with Crippen LogP contribution in [0.15, 0.2) is 18.3 Å². The summed E-state index contributed by atoms with van der Waals surface area (Å²) < 4.78 is 43.8. The number of pyridine rings is 1. The number of halogens is 4. The number of nitrogens with zero attached hydrogens (tertiary/aromatic N) is 1. The summed E-state index contributed by atoms with van der Waals surface area (Å²) in [4.78, 5) is 3.73. The Hall–Kier alpha value is -1.01. The predicted molar refractivity (Wildman–Crippen MR) is 65.4 cm³/mol. The predicted octanol–water partition coefficient (Wildman–Crippen LogP) is 2.51. The molecule has 2 fully saturated rings. The molecule has 0 spiro atoms. The quantitative estimate of drug-likeness (QED) is 0.910. The van der Waals surface area contributed by atoms with Gasteiger partial charge in [0.2, 0.25) is 5.88 Å². The molecule has 0 radical (unpaired) electrons. The molecule has 2 bridgehead atoms. The van der Waals surface area contributed by atoms with Gasteiger partial charge in [-0.3, -0.25) is 0 Å². The van der Waals surface area contributed by atoms with Crippen LogP contribution in [0.5, 0.6) is 5.88 Å². The van der Waals surface area contributed by atoms with Crippen molar-refractivity contribution in [1.29, 1.82) is 0 Å². The van der Waals surface area contributed by atoms with E-state index < -0.39 is 11.7 Å². The molecule has 1 saturated carbocycles. The smallest absolute Gasteiger partial charge is 0.421 e. The highest BCUT2D eigenvalue weighted by molar-refractivity contribution is 5.85. The zero-order valence-electron chi connectivity index (χ0n) is 9.98. The second-order valence-corrected chi connectivity index (χ2v) is 4.85.